The molecule has 0 aromatic rings. The summed E-state index contributed by atoms with van der Waals surface area (Å²) >= 11 is 0. The number of rotatable bonds is 7. The molecular weight excluding hydrogens is 388 g/mol. The fourth-order valence-corrected chi connectivity index (χ4v) is 6.76. The van der Waals surface area contributed by atoms with Crippen LogP contribution in [-0.2, 0) is 0 Å². The SMILES string of the molecule is C=C1/C(=C\C=C2CCC[C@@]3(C)C2CC[C@@H]3[C@H](C)CCCC(C)(O)CO)C[C@@H](O)C[C@H]1O. The molecule has 3 fully saturated rings. The van der Waals surface area contributed by atoms with Crippen LogP contribution in [0.5, 0.6) is 0 Å². The van der Waals surface area contributed by atoms with Gasteiger partial charge < -0.3 is 20.4 Å². The molecule has 176 valence electrons. The lowest BCUT2D eigenvalue weighted by molar-refractivity contribution is -0.00891. The Hall–Kier alpha value is -0.940. The highest BCUT2D eigenvalue weighted by atomic mass is 16.3. The Morgan fingerprint density at radius 1 is 1.26 bits per heavy atom. The second-order valence-electron chi connectivity index (χ2n) is 11.2. The molecule has 4 heteroatoms. The molecule has 3 rings (SSSR count). The summed E-state index contributed by atoms with van der Waals surface area (Å²) in [6.07, 6.45) is 13.1. The maximum Gasteiger partial charge on any atom is 0.0849 e. The van der Waals surface area contributed by atoms with Gasteiger partial charge in [-0.25, -0.2) is 0 Å². The first kappa shape index (κ1) is 24.7. The van der Waals surface area contributed by atoms with Crippen molar-refractivity contribution in [2.24, 2.45) is 23.2 Å². The van der Waals surface area contributed by atoms with E-state index < -0.39 is 17.8 Å². The largest absolute Gasteiger partial charge is 0.393 e. The zero-order valence-corrected chi connectivity index (χ0v) is 19.8. The Morgan fingerprint density at radius 2 is 2.00 bits per heavy atom. The minimum Gasteiger partial charge on any atom is -0.393 e. The number of aliphatic hydroxyl groups excluding tert-OH is 3. The predicted molar refractivity (Wildman–Crippen MR) is 125 cm³/mol. The van der Waals surface area contributed by atoms with E-state index in [0.29, 0.717) is 42.4 Å². The minimum absolute atomic E-state index is 0.172. The van der Waals surface area contributed by atoms with Crippen LogP contribution in [0.25, 0.3) is 0 Å². The van der Waals surface area contributed by atoms with Crippen molar-refractivity contribution >= 4 is 0 Å². The van der Waals surface area contributed by atoms with Crippen molar-refractivity contribution < 1.29 is 20.4 Å². The summed E-state index contributed by atoms with van der Waals surface area (Å²) in [5.74, 6) is 1.92. The first-order chi connectivity index (χ1) is 14.6. The van der Waals surface area contributed by atoms with Crippen molar-refractivity contribution in [3.63, 3.8) is 0 Å². The summed E-state index contributed by atoms with van der Waals surface area (Å²) in [4.78, 5) is 0. The molecular formula is C27H44O4. The van der Waals surface area contributed by atoms with E-state index in [1.165, 1.54) is 31.3 Å². The highest BCUT2D eigenvalue weighted by molar-refractivity contribution is 5.38. The van der Waals surface area contributed by atoms with Gasteiger partial charge in [0.05, 0.1) is 24.4 Å². The molecule has 0 aromatic carbocycles. The van der Waals surface area contributed by atoms with Crippen LogP contribution in [-0.4, -0.2) is 44.8 Å². The van der Waals surface area contributed by atoms with Crippen LogP contribution in [0.4, 0.5) is 0 Å². The highest BCUT2D eigenvalue weighted by Gasteiger charge is 2.50. The molecule has 3 aliphatic rings. The van der Waals surface area contributed by atoms with Crippen molar-refractivity contribution in [2.75, 3.05) is 6.61 Å². The zero-order valence-electron chi connectivity index (χ0n) is 19.8. The van der Waals surface area contributed by atoms with Crippen LogP contribution in [0.2, 0.25) is 0 Å². The third-order valence-corrected chi connectivity index (χ3v) is 8.70. The van der Waals surface area contributed by atoms with Crippen molar-refractivity contribution in [3.05, 3.63) is 35.5 Å². The Labute approximate surface area is 188 Å². The Morgan fingerprint density at radius 3 is 2.71 bits per heavy atom. The molecule has 0 amide bonds. The first-order valence-corrected chi connectivity index (χ1v) is 12.4. The van der Waals surface area contributed by atoms with Gasteiger partial charge >= 0.3 is 0 Å². The fraction of sp³-hybridized carbons (Fsp3) is 0.778. The lowest BCUT2D eigenvalue weighted by Crippen LogP contribution is -2.36. The molecule has 0 aromatic heterocycles. The monoisotopic (exact) mass is 432 g/mol. The molecule has 3 saturated carbocycles. The summed E-state index contributed by atoms with van der Waals surface area (Å²) < 4.78 is 0. The summed E-state index contributed by atoms with van der Waals surface area (Å²) in [6, 6.07) is 0. The Bertz CT molecular complexity index is 706. The molecule has 2 unspecified atom stereocenters. The van der Waals surface area contributed by atoms with Crippen LogP contribution in [0.15, 0.2) is 35.5 Å². The van der Waals surface area contributed by atoms with Crippen molar-refractivity contribution in [2.45, 2.75) is 103 Å². The van der Waals surface area contributed by atoms with Crippen LogP contribution in [0, 0.1) is 23.2 Å². The normalized spacial score (nSPS) is 39.5. The quantitative estimate of drug-likeness (QED) is 0.471. The van der Waals surface area contributed by atoms with Gasteiger partial charge in [0.1, 0.15) is 0 Å². The van der Waals surface area contributed by atoms with E-state index in [-0.39, 0.29) is 6.61 Å². The van der Waals surface area contributed by atoms with Crippen LogP contribution < -0.4 is 0 Å². The molecule has 3 aliphatic carbocycles. The van der Waals surface area contributed by atoms with Crippen LogP contribution in [0.3, 0.4) is 0 Å². The maximum atomic E-state index is 10.1. The van der Waals surface area contributed by atoms with E-state index >= 15 is 0 Å². The van der Waals surface area contributed by atoms with Gasteiger partial charge in [0.2, 0.25) is 0 Å². The molecule has 0 spiro atoms. The smallest absolute Gasteiger partial charge is 0.0849 e. The average Bonchev–Trinajstić information content (AvgIpc) is 3.07. The average molecular weight is 433 g/mol. The van der Waals surface area contributed by atoms with E-state index in [1.54, 1.807) is 6.92 Å². The van der Waals surface area contributed by atoms with Crippen LogP contribution >= 0.6 is 0 Å². The second kappa shape index (κ2) is 9.91. The second-order valence-corrected chi connectivity index (χ2v) is 11.2. The van der Waals surface area contributed by atoms with Gasteiger partial charge in [0.25, 0.3) is 0 Å². The van der Waals surface area contributed by atoms with Gasteiger partial charge in [-0.05, 0) is 86.2 Å². The van der Waals surface area contributed by atoms with Gasteiger partial charge in [-0.15, -0.1) is 0 Å². The molecule has 0 heterocycles. The Kier molecular flexibility index (Phi) is 7.89. The van der Waals surface area contributed by atoms with Gasteiger partial charge in [0, 0.05) is 6.42 Å². The number of allylic oxidation sites excluding steroid dienone is 3. The summed E-state index contributed by atoms with van der Waals surface area (Å²) in [5, 5.41) is 39.5. The molecule has 0 aliphatic heterocycles. The molecule has 0 saturated heterocycles. The molecule has 0 radical (unpaired) electrons. The first-order valence-electron chi connectivity index (χ1n) is 12.4. The Balaban J connectivity index is 1.68. The summed E-state index contributed by atoms with van der Waals surface area (Å²) in [7, 11) is 0. The van der Waals surface area contributed by atoms with E-state index in [9.17, 15) is 20.4 Å². The summed E-state index contributed by atoms with van der Waals surface area (Å²) in [6.45, 7) is 10.5. The van der Waals surface area contributed by atoms with E-state index in [2.05, 4.69) is 32.6 Å². The highest BCUT2D eigenvalue weighted by Crippen LogP contribution is 2.60. The predicted octanol–water partition coefficient (Wildman–Crippen LogP) is 4.68. The number of hydrogen-bond donors (Lipinski definition) is 4. The number of hydrogen-bond acceptors (Lipinski definition) is 4. The van der Waals surface area contributed by atoms with E-state index in [0.717, 1.165) is 30.4 Å². The molecule has 0 bridgehead atoms. The van der Waals surface area contributed by atoms with Crippen molar-refractivity contribution in [3.8, 4) is 0 Å². The van der Waals surface area contributed by atoms with Crippen LogP contribution in [0.1, 0.15) is 85.0 Å². The molecule has 31 heavy (non-hydrogen) atoms. The lowest BCUT2D eigenvalue weighted by atomic mass is 9.60. The maximum absolute atomic E-state index is 10.1. The minimum atomic E-state index is -0.958. The molecule has 4 nitrogen and oxygen atoms in total. The van der Waals surface area contributed by atoms with E-state index in [4.69, 9.17) is 0 Å². The van der Waals surface area contributed by atoms with Gasteiger partial charge in [-0.1, -0.05) is 51.0 Å². The standard InChI is InChI=1S/C27H44O4/c1-18(7-5-13-26(3,31)17-28)23-11-12-24-20(8-6-14-27(23,24)4)9-10-21-15-22(29)16-25(30)19(21)2/h9-10,18,22-25,28-31H,2,5-8,11-17H2,1,3-4H3/b20-9?,21-10-/t18-,22-,23-,24?,25-,26?,27-/m1/s1. The third kappa shape index (κ3) is 5.52. The molecule has 4 N–H and O–H groups in total. The fourth-order valence-electron chi connectivity index (χ4n) is 6.76. The lowest BCUT2D eigenvalue weighted by Gasteiger charge is -2.44. The van der Waals surface area contributed by atoms with Crippen molar-refractivity contribution in [1.82, 2.24) is 0 Å². The summed E-state index contributed by atoms with van der Waals surface area (Å²) in [5.41, 5.74) is 2.65. The van der Waals surface area contributed by atoms with Crippen molar-refractivity contribution in [1.29, 1.82) is 0 Å². The van der Waals surface area contributed by atoms with E-state index in [1.807, 2.05) is 0 Å². The zero-order chi connectivity index (χ0) is 22.8. The van der Waals surface area contributed by atoms with Gasteiger partial charge in [0.15, 0.2) is 0 Å². The van der Waals surface area contributed by atoms with Gasteiger partial charge in [-0.3, -0.25) is 0 Å². The van der Waals surface area contributed by atoms with Gasteiger partial charge in [-0.2, -0.15) is 0 Å². The number of aliphatic hydroxyl groups is 4. The third-order valence-electron chi connectivity index (χ3n) is 8.70. The number of fused-ring (bicyclic) bond motifs is 1. The topological polar surface area (TPSA) is 80.9 Å². The molecule has 7 atom stereocenters.